The summed E-state index contributed by atoms with van der Waals surface area (Å²) >= 11 is 0. The molecule has 108 valence electrons. The van der Waals surface area contributed by atoms with Gasteiger partial charge in [-0.15, -0.1) is 0 Å². The maximum atomic E-state index is 2.60. The SMILES string of the molecule is CN1CCN(CCCc2cc3ccccc3n2C)CC1. The molecule has 1 aliphatic rings. The van der Waals surface area contributed by atoms with E-state index in [0.29, 0.717) is 0 Å². The Kier molecular flexibility index (Phi) is 4.08. The number of piperazine rings is 1. The van der Waals surface area contributed by atoms with Gasteiger partial charge < -0.3 is 14.4 Å². The van der Waals surface area contributed by atoms with Gasteiger partial charge >= 0.3 is 0 Å². The number of likely N-dealkylation sites (N-methyl/N-ethyl adjacent to an activating group) is 1. The van der Waals surface area contributed by atoms with Gasteiger partial charge in [0.05, 0.1) is 0 Å². The highest BCUT2D eigenvalue weighted by atomic mass is 15.2. The molecule has 1 fully saturated rings. The van der Waals surface area contributed by atoms with Crippen molar-refractivity contribution in [3.05, 3.63) is 36.0 Å². The minimum absolute atomic E-state index is 1.18. The molecule has 1 saturated heterocycles. The average Bonchev–Trinajstić information content (AvgIpc) is 2.78. The first kappa shape index (κ1) is 13.7. The van der Waals surface area contributed by atoms with E-state index >= 15 is 0 Å². The maximum Gasteiger partial charge on any atom is 0.0479 e. The van der Waals surface area contributed by atoms with Crippen molar-refractivity contribution in [1.29, 1.82) is 0 Å². The van der Waals surface area contributed by atoms with Crippen LogP contribution in [0.5, 0.6) is 0 Å². The number of aromatic nitrogens is 1. The zero-order chi connectivity index (χ0) is 13.9. The second kappa shape index (κ2) is 5.98. The molecule has 0 atom stereocenters. The third-order valence-electron chi connectivity index (χ3n) is 4.55. The average molecular weight is 271 g/mol. The number of para-hydroxylation sites is 1. The summed E-state index contributed by atoms with van der Waals surface area (Å²) in [5.41, 5.74) is 2.81. The minimum atomic E-state index is 1.18. The van der Waals surface area contributed by atoms with Gasteiger partial charge in [-0.1, -0.05) is 18.2 Å². The molecule has 0 amide bonds. The van der Waals surface area contributed by atoms with Crippen molar-refractivity contribution in [2.24, 2.45) is 7.05 Å². The lowest BCUT2D eigenvalue weighted by Crippen LogP contribution is -2.44. The second-order valence-electron chi connectivity index (χ2n) is 6.00. The Balaban J connectivity index is 1.56. The fraction of sp³-hybridized carbons (Fsp3) is 0.529. The van der Waals surface area contributed by atoms with Crippen molar-refractivity contribution in [1.82, 2.24) is 14.4 Å². The molecule has 0 unspecified atom stereocenters. The van der Waals surface area contributed by atoms with Crippen LogP contribution in [0.3, 0.4) is 0 Å². The van der Waals surface area contributed by atoms with Crippen molar-refractivity contribution >= 4 is 10.9 Å². The van der Waals surface area contributed by atoms with E-state index in [9.17, 15) is 0 Å². The smallest absolute Gasteiger partial charge is 0.0479 e. The highest BCUT2D eigenvalue weighted by Crippen LogP contribution is 2.19. The first-order valence-corrected chi connectivity index (χ1v) is 7.68. The first-order valence-electron chi connectivity index (χ1n) is 7.68. The first-order chi connectivity index (χ1) is 9.74. The predicted molar refractivity (Wildman–Crippen MR) is 85.2 cm³/mol. The summed E-state index contributed by atoms with van der Waals surface area (Å²) in [7, 11) is 4.40. The Labute approximate surface area is 121 Å². The number of fused-ring (bicyclic) bond motifs is 1. The van der Waals surface area contributed by atoms with Gasteiger partial charge in [0.25, 0.3) is 0 Å². The third kappa shape index (κ3) is 2.89. The Morgan fingerprint density at radius 3 is 2.50 bits per heavy atom. The molecule has 1 aromatic carbocycles. The summed E-state index contributed by atoms with van der Waals surface area (Å²) in [4.78, 5) is 5.02. The Bertz CT molecular complexity index is 565. The Morgan fingerprint density at radius 2 is 1.75 bits per heavy atom. The molecule has 3 nitrogen and oxygen atoms in total. The normalized spacial score (nSPS) is 17.9. The molecule has 0 bridgehead atoms. The van der Waals surface area contributed by atoms with E-state index in [4.69, 9.17) is 0 Å². The van der Waals surface area contributed by atoms with Gasteiger partial charge in [0.2, 0.25) is 0 Å². The van der Waals surface area contributed by atoms with E-state index in [1.165, 1.54) is 62.2 Å². The van der Waals surface area contributed by atoms with Gasteiger partial charge in [0.1, 0.15) is 0 Å². The standard InChI is InChI=1S/C17H25N3/c1-18-10-12-20(13-11-18)9-5-7-16-14-15-6-3-4-8-17(15)19(16)2/h3-4,6,8,14H,5,7,9-13H2,1-2H3. The number of nitrogens with zero attached hydrogens (tertiary/aromatic N) is 3. The van der Waals surface area contributed by atoms with Crippen LogP contribution in [-0.2, 0) is 13.5 Å². The summed E-state index contributed by atoms with van der Waals surface area (Å²) in [6.45, 7) is 6.12. The Morgan fingerprint density at radius 1 is 1.00 bits per heavy atom. The topological polar surface area (TPSA) is 11.4 Å². The van der Waals surface area contributed by atoms with E-state index < -0.39 is 0 Å². The van der Waals surface area contributed by atoms with Crippen molar-refractivity contribution in [3.63, 3.8) is 0 Å². The molecule has 20 heavy (non-hydrogen) atoms. The van der Waals surface area contributed by atoms with E-state index in [-0.39, 0.29) is 0 Å². The van der Waals surface area contributed by atoms with Gasteiger partial charge in [-0.2, -0.15) is 0 Å². The van der Waals surface area contributed by atoms with Gasteiger partial charge in [0, 0.05) is 44.4 Å². The van der Waals surface area contributed by atoms with E-state index in [1.807, 2.05) is 0 Å². The van der Waals surface area contributed by atoms with Crippen molar-refractivity contribution in [2.75, 3.05) is 39.8 Å². The van der Waals surface area contributed by atoms with Crippen LogP contribution in [0.15, 0.2) is 30.3 Å². The highest BCUT2D eigenvalue weighted by molar-refractivity contribution is 5.81. The molecule has 3 rings (SSSR count). The lowest BCUT2D eigenvalue weighted by atomic mass is 10.2. The van der Waals surface area contributed by atoms with Crippen LogP contribution in [0.1, 0.15) is 12.1 Å². The number of aryl methyl sites for hydroxylation is 2. The van der Waals surface area contributed by atoms with Crippen molar-refractivity contribution in [2.45, 2.75) is 12.8 Å². The lowest BCUT2D eigenvalue weighted by Gasteiger charge is -2.32. The largest absolute Gasteiger partial charge is 0.348 e. The molecule has 0 N–H and O–H groups in total. The zero-order valence-electron chi connectivity index (χ0n) is 12.7. The lowest BCUT2D eigenvalue weighted by molar-refractivity contribution is 0.153. The van der Waals surface area contributed by atoms with Crippen LogP contribution >= 0.6 is 0 Å². The molecule has 0 aliphatic carbocycles. The van der Waals surface area contributed by atoms with Crippen molar-refractivity contribution in [3.8, 4) is 0 Å². The summed E-state index contributed by atoms with van der Waals surface area (Å²) in [5.74, 6) is 0. The summed E-state index contributed by atoms with van der Waals surface area (Å²) in [5, 5.41) is 1.37. The van der Waals surface area contributed by atoms with Crippen LogP contribution in [0, 0.1) is 0 Å². The fourth-order valence-corrected chi connectivity index (χ4v) is 3.14. The molecule has 2 aromatic rings. The van der Waals surface area contributed by atoms with Gasteiger partial charge in [-0.05, 0) is 44.0 Å². The minimum Gasteiger partial charge on any atom is -0.348 e. The van der Waals surface area contributed by atoms with E-state index in [0.717, 1.165) is 0 Å². The van der Waals surface area contributed by atoms with Gasteiger partial charge in [-0.25, -0.2) is 0 Å². The molecule has 1 aromatic heterocycles. The zero-order valence-corrected chi connectivity index (χ0v) is 12.7. The molecule has 0 radical (unpaired) electrons. The molecule has 2 heterocycles. The third-order valence-corrected chi connectivity index (χ3v) is 4.55. The fourth-order valence-electron chi connectivity index (χ4n) is 3.14. The second-order valence-corrected chi connectivity index (χ2v) is 6.00. The summed E-state index contributed by atoms with van der Waals surface area (Å²) in [6.07, 6.45) is 2.44. The monoisotopic (exact) mass is 271 g/mol. The molecule has 0 saturated carbocycles. The molecular formula is C17H25N3. The van der Waals surface area contributed by atoms with Crippen LogP contribution < -0.4 is 0 Å². The summed E-state index contributed by atoms with van der Waals surface area (Å²) < 4.78 is 2.35. The maximum absolute atomic E-state index is 2.60. The van der Waals surface area contributed by atoms with Crippen molar-refractivity contribution < 1.29 is 0 Å². The van der Waals surface area contributed by atoms with E-state index in [2.05, 4.69) is 58.8 Å². The number of benzene rings is 1. The van der Waals surface area contributed by atoms with Crippen LogP contribution in [0.25, 0.3) is 10.9 Å². The number of hydrogen-bond donors (Lipinski definition) is 0. The number of rotatable bonds is 4. The van der Waals surface area contributed by atoms with Crippen LogP contribution in [-0.4, -0.2) is 54.1 Å². The molecular weight excluding hydrogens is 246 g/mol. The molecule has 0 spiro atoms. The quantitative estimate of drug-likeness (QED) is 0.846. The molecule has 3 heteroatoms. The predicted octanol–water partition coefficient (Wildman–Crippen LogP) is 2.36. The van der Waals surface area contributed by atoms with E-state index in [1.54, 1.807) is 0 Å². The van der Waals surface area contributed by atoms with Gasteiger partial charge in [0.15, 0.2) is 0 Å². The van der Waals surface area contributed by atoms with Crippen LogP contribution in [0.2, 0.25) is 0 Å². The van der Waals surface area contributed by atoms with Crippen LogP contribution in [0.4, 0.5) is 0 Å². The Hall–Kier alpha value is -1.32. The summed E-state index contributed by atoms with van der Waals surface area (Å²) in [6, 6.07) is 11.0. The number of hydrogen-bond acceptors (Lipinski definition) is 2. The molecule has 1 aliphatic heterocycles. The van der Waals surface area contributed by atoms with Gasteiger partial charge in [-0.3, -0.25) is 0 Å². The highest BCUT2D eigenvalue weighted by Gasteiger charge is 2.13.